The highest BCUT2D eigenvalue weighted by Crippen LogP contribution is 2.19. The minimum atomic E-state index is -0.0893. The van der Waals surface area contributed by atoms with Crippen molar-refractivity contribution in [2.24, 2.45) is 5.92 Å². The Morgan fingerprint density at radius 3 is 2.63 bits per heavy atom. The van der Waals surface area contributed by atoms with Crippen LogP contribution in [-0.4, -0.2) is 39.6 Å². The summed E-state index contributed by atoms with van der Waals surface area (Å²) in [6.07, 6.45) is 1.29. The number of piperidine rings is 1. The van der Waals surface area contributed by atoms with Gasteiger partial charge in [-0.3, -0.25) is 9.59 Å². The zero-order chi connectivity index (χ0) is 19.4. The van der Waals surface area contributed by atoms with Gasteiger partial charge in [0.05, 0.1) is 5.69 Å². The monoisotopic (exact) mass is 389 g/mol. The molecule has 1 aliphatic heterocycles. The van der Waals surface area contributed by atoms with Gasteiger partial charge in [0.15, 0.2) is 0 Å². The summed E-state index contributed by atoms with van der Waals surface area (Å²) in [5.74, 6) is 0.372. The van der Waals surface area contributed by atoms with E-state index in [2.05, 4.69) is 10.4 Å². The van der Waals surface area contributed by atoms with Crippen molar-refractivity contribution in [3.8, 4) is 0 Å². The summed E-state index contributed by atoms with van der Waals surface area (Å²) >= 11 is 6.12. The molecule has 3 N–H and O–H groups in total. The first kappa shape index (κ1) is 19.2. The van der Waals surface area contributed by atoms with Crippen molar-refractivity contribution in [2.75, 3.05) is 18.8 Å². The van der Waals surface area contributed by atoms with E-state index in [9.17, 15) is 9.59 Å². The normalized spacial score (nSPS) is 15.0. The Balaban J connectivity index is 1.46. The summed E-state index contributed by atoms with van der Waals surface area (Å²) in [6, 6.07) is 9.19. The predicted molar refractivity (Wildman–Crippen MR) is 104 cm³/mol. The van der Waals surface area contributed by atoms with Crippen molar-refractivity contribution < 1.29 is 9.59 Å². The van der Waals surface area contributed by atoms with Gasteiger partial charge in [-0.2, -0.15) is 5.10 Å². The molecule has 8 heteroatoms. The Labute approximate surface area is 163 Å². The number of aromatic nitrogens is 2. The van der Waals surface area contributed by atoms with Crippen molar-refractivity contribution in [1.29, 1.82) is 0 Å². The average molecular weight is 390 g/mol. The summed E-state index contributed by atoms with van der Waals surface area (Å²) in [5, 5.41) is 7.81. The van der Waals surface area contributed by atoms with Gasteiger partial charge in [0.1, 0.15) is 12.4 Å². The first-order chi connectivity index (χ1) is 12.9. The van der Waals surface area contributed by atoms with E-state index in [-0.39, 0.29) is 24.3 Å². The van der Waals surface area contributed by atoms with E-state index in [0.717, 1.165) is 11.3 Å². The molecule has 144 valence electrons. The minimum Gasteiger partial charge on any atom is -0.384 e. The van der Waals surface area contributed by atoms with Crippen LogP contribution in [0.3, 0.4) is 0 Å². The molecule has 0 saturated carbocycles. The number of aryl methyl sites for hydroxylation is 1. The van der Waals surface area contributed by atoms with Gasteiger partial charge in [0, 0.05) is 36.6 Å². The molecule has 2 aromatic rings. The van der Waals surface area contributed by atoms with Crippen molar-refractivity contribution in [2.45, 2.75) is 32.9 Å². The summed E-state index contributed by atoms with van der Waals surface area (Å²) in [7, 11) is 0. The molecular weight excluding hydrogens is 366 g/mol. The zero-order valence-electron chi connectivity index (χ0n) is 15.3. The van der Waals surface area contributed by atoms with Crippen molar-refractivity contribution in [3.63, 3.8) is 0 Å². The number of likely N-dealkylation sites (tertiary alicyclic amines) is 1. The van der Waals surface area contributed by atoms with E-state index < -0.39 is 0 Å². The quantitative estimate of drug-likeness (QED) is 0.817. The topological polar surface area (TPSA) is 93.2 Å². The molecule has 1 aliphatic rings. The van der Waals surface area contributed by atoms with E-state index in [0.29, 0.717) is 43.3 Å². The largest absolute Gasteiger partial charge is 0.384 e. The Morgan fingerprint density at radius 2 is 2.00 bits per heavy atom. The van der Waals surface area contributed by atoms with Crippen LogP contribution in [0.15, 0.2) is 30.3 Å². The van der Waals surface area contributed by atoms with E-state index in [1.54, 1.807) is 17.0 Å². The van der Waals surface area contributed by atoms with Crippen molar-refractivity contribution >= 4 is 29.2 Å². The number of rotatable bonds is 5. The fourth-order valence-corrected chi connectivity index (χ4v) is 3.48. The smallest absolute Gasteiger partial charge is 0.244 e. The maximum atomic E-state index is 12.4. The van der Waals surface area contributed by atoms with Crippen molar-refractivity contribution in [3.05, 3.63) is 46.6 Å². The highest BCUT2D eigenvalue weighted by atomic mass is 35.5. The van der Waals surface area contributed by atoms with Gasteiger partial charge in [0.25, 0.3) is 0 Å². The lowest BCUT2D eigenvalue weighted by molar-refractivity contribution is -0.136. The second kappa shape index (κ2) is 8.43. The number of amides is 2. The number of nitrogen functional groups attached to an aromatic ring is 1. The maximum absolute atomic E-state index is 12.4. The van der Waals surface area contributed by atoms with Gasteiger partial charge < -0.3 is 16.0 Å². The average Bonchev–Trinajstić information content (AvgIpc) is 2.97. The summed E-state index contributed by atoms with van der Waals surface area (Å²) in [4.78, 5) is 26.6. The summed E-state index contributed by atoms with van der Waals surface area (Å²) in [6.45, 7) is 3.50. The zero-order valence-corrected chi connectivity index (χ0v) is 16.1. The predicted octanol–water partition coefficient (Wildman–Crippen LogP) is 1.98. The third-order valence-electron chi connectivity index (χ3n) is 4.85. The third kappa shape index (κ3) is 4.80. The number of benzene rings is 1. The van der Waals surface area contributed by atoms with Crippen LogP contribution in [0.5, 0.6) is 0 Å². The fourth-order valence-electron chi connectivity index (χ4n) is 3.28. The molecule has 0 atom stereocenters. The van der Waals surface area contributed by atoms with Crippen LogP contribution in [0.1, 0.15) is 24.1 Å². The van der Waals surface area contributed by atoms with Crippen LogP contribution in [0.25, 0.3) is 0 Å². The highest BCUT2D eigenvalue weighted by Gasteiger charge is 2.27. The second-order valence-electron chi connectivity index (χ2n) is 6.83. The molecule has 0 radical (unpaired) electrons. The first-order valence-electron chi connectivity index (χ1n) is 9.03. The lowest BCUT2D eigenvalue weighted by Gasteiger charge is -2.31. The van der Waals surface area contributed by atoms with E-state index >= 15 is 0 Å². The molecule has 1 saturated heterocycles. The Morgan fingerprint density at radius 1 is 1.30 bits per heavy atom. The number of nitrogens with one attached hydrogen (secondary N) is 1. The van der Waals surface area contributed by atoms with Crippen molar-refractivity contribution in [1.82, 2.24) is 20.0 Å². The first-order valence-corrected chi connectivity index (χ1v) is 9.40. The number of hydrogen-bond donors (Lipinski definition) is 2. The molecule has 1 fully saturated rings. The number of carbonyl (C=O) groups is 2. The number of halogens is 1. The standard InChI is InChI=1S/C19H24ClN5O2/c1-13-10-17(21)25(23-13)12-18(26)24-8-6-14(7-9-24)19(27)22-11-15-4-2-3-5-16(15)20/h2-5,10,14H,6-9,11-12,21H2,1H3,(H,22,27). The number of hydrogen-bond acceptors (Lipinski definition) is 4. The summed E-state index contributed by atoms with van der Waals surface area (Å²) in [5.41, 5.74) is 7.52. The molecule has 1 aromatic carbocycles. The van der Waals surface area contributed by atoms with E-state index in [4.69, 9.17) is 17.3 Å². The van der Waals surface area contributed by atoms with Crippen LogP contribution in [0, 0.1) is 12.8 Å². The van der Waals surface area contributed by atoms with E-state index in [1.807, 2.05) is 25.1 Å². The molecule has 2 heterocycles. The number of nitrogens with two attached hydrogens (primary N) is 1. The minimum absolute atomic E-state index is 0.00830. The maximum Gasteiger partial charge on any atom is 0.244 e. The number of anilines is 1. The molecule has 0 aliphatic carbocycles. The lowest BCUT2D eigenvalue weighted by Crippen LogP contribution is -2.44. The van der Waals surface area contributed by atoms with Gasteiger partial charge in [-0.1, -0.05) is 29.8 Å². The molecule has 0 spiro atoms. The second-order valence-corrected chi connectivity index (χ2v) is 7.24. The molecule has 0 bridgehead atoms. The van der Waals surface area contributed by atoms with Crippen LogP contribution < -0.4 is 11.1 Å². The molecule has 27 heavy (non-hydrogen) atoms. The van der Waals surface area contributed by atoms with Gasteiger partial charge in [-0.15, -0.1) is 0 Å². The molecule has 2 amide bonds. The Kier molecular flexibility index (Phi) is 6.01. The number of nitrogens with zero attached hydrogens (tertiary/aromatic N) is 3. The molecule has 0 unspecified atom stereocenters. The highest BCUT2D eigenvalue weighted by molar-refractivity contribution is 6.31. The summed E-state index contributed by atoms with van der Waals surface area (Å²) < 4.78 is 1.51. The molecule has 7 nitrogen and oxygen atoms in total. The van der Waals surface area contributed by atoms with Crippen LogP contribution in [0.4, 0.5) is 5.82 Å². The van der Waals surface area contributed by atoms with Crippen LogP contribution in [-0.2, 0) is 22.7 Å². The molecular formula is C19H24ClN5O2. The van der Waals surface area contributed by atoms with Gasteiger partial charge in [-0.05, 0) is 31.4 Å². The lowest BCUT2D eigenvalue weighted by atomic mass is 9.95. The Hall–Kier alpha value is -2.54. The number of carbonyl (C=O) groups excluding carboxylic acids is 2. The molecule has 1 aromatic heterocycles. The van der Waals surface area contributed by atoms with Gasteiger partial charge in [-0.25, -0.2) is 4.68 Å². The fraction of sp³-hybridized carbons (Fsp3) is 0.421. The van der Waals surface area contributed by atoms with Crippen LogP contribution in [0.2, 0.25) is 5.02 Å². The Bertz CT molecular complexity index is 827. The molecule has 3 rings (SSSR count). The van der Waals surface area contributed by atoms with Gasteiger partial charge in [0.2, 0.25) is 11.8 Å². The van der Waals surface area contributed by atoms with Gasteiger partial charge >= 0.3 is 0 Å². The third-order valence-corrected chi connectivity index (χ3v) is 5.22. The van der Waals surface area contributed by atoms with E-state index in [1.165, 1.54) is 4.68 Å². The SMILES string of the molecule is Cc1cc(N)n(CC(=O)N2CCC(C(=O)NCc3ccccc3Cl)CC2)n1. The van der Waals surface area contributed by atoms with Crippen LogP contribution >= 0.6 is 11.6 Å².